The molecule has 0 saturated heterocycles. The zero-order valence-corrected chi connectivity index (χ0v) is 26.1. The summed E-state index contributed by atoms with van der Waals surface area (Å²) < 4.78 is 7.35. The summed E-state index contributed by atoms with van der Waals surface area (Å²) >= 11 is 0. The average Bonchev–Trinajstić information content (AvgIpc) is 3.33. The first-order chi connectivity index (χ1) is 20.6. The van der Waals surface area contributed by atoms with Crippen LogP contribution in [0, 0.1) is 20.8 Å². The van der Waals surface area contributed by atoms with Gasteiger partial charge in [0.25, 0.3) is 5.91 Å². The SMILES string of the molecule is COc1cc(/C=C/c2cccc(-c3cccc(NC(=O)c4nc5c(n4C)CCN(C(C)C)C5)c3C)c2C)c(C)cc1C=O. The highest BCUT2D eigenvalue weighted by Crippen LogP contribution is 2.33. The number of aromatic nitrogens is 2. The lowest BCUT2D eigenvalue weighted by Crippen LogP contribution is -2.36. The Balaban J connectivity index is 1.41. The Morgan fingerprint density at radius 1 is 0.977 bits per heavy atom. The molecule has 0 atom stereocenters. The van der Waals surface area contributed by atoms with Crippen LogP contribution in [0.5, 0.6) is 5.75 Å². The minimum Gasteiger partial charge on any atom is -0.496 e. The van der Waals surface area contributed by atoms with Gasteiger partial charge in [-0.15, -0.1) is 0 Å². The molecule has 4 aromatic rings. The predicted molar refractivity (Wildman–Crippen MR) is 174 cm³/mol. The van der Waals surface area contributed by atoms with E-state index in [-0.39, 0.29) is 5.91 Å². The van der Waals surface area contributed by atoms with Crippen molar-refractivity contribution in [1.29, 1.82) is 0 Å². The molecule has 0 radical (unpaired) electrons. The number of amides is 1. The van der Waals surface area contributed by atoms with E-state index in [2.05, 4.69) is 67.4 Å². The molecule has 0 spiro atoms. The number of rotatable bonds is 8. The average molecular weight is 577 g/mol. The lowest BCUT2D eigenvalue weighted by Gasteiger charge is -2.29. The molecule has 2 heterocycles. The van der Waals surface area contributed by atoms with Crippen LogP contribution in [-0.4, -0.2) is 46.3 Å². The number of benzene rings is 3. The number of hydrogen-bond donors (Lipinski definition) is 1. The molecular formula is C36H40N4O3. The van der Waals surface area contributed by atoms with Crippen molar-refractivity contribution in [2.45, 2.75) is 53.6 Å². The number of hydrogen-bond acceptors (Lipinski definition) is 5. The van der Waals surface area contributed by atoms with Gasteiger partial charge in [-0.2, -0.15) is 0 Å². The summed E-state index contributed by atoms with van der Waals surface area (Å²) in [7, 11) is 3.51. The number of imidazole rings is 1. The fraction of sp³-hybridized carbons (Fsp3) is 0.306. The van der Waals surface area contributed by atoms with E-state index in [1.165, 1.54) is 0 Å². The molecule has 7 heteroatoms. The predicted octanol–water partition coefficient (Wildman–Crippen LogP) is 7.02. The summed E-state index contributed by atoms with van der Waals surface area (Å²) in [6.45, 7) is 12.3. The van der Waals surface area contributed by atoms with Crippen LogP contribution >= 0.6 is 0 Å². The van der Waals surface area contributed by atoms with Crippen molar-refractivity contribution in [2.75, 3.05) is 19.0 Å². The standard InChI is InChI=1S/C36H40N4O3/c1-22(2)40-17-16-33-32(20-40)37-35(39(33)6)36(42)38-31-13-9-12-30(25(31)5)29-11-8-10-26(24(29)4)14-15-27-19-34(43-7)28(21-41)18-23(27)3/h8-15,18-19,21-22H,16-17,20H2,1-7H3,(H,38,42)/b15-14+. The van der Waals surface area contributed by atoms with E-state index in [1.54, 1.807) is 7.11 Å². The fourth-order valence-electron chi connectivity index (χ4n) is 5.91. The second-order valence-corrected chi connectivity index (χ2v) is 11.6. The molecule has 5 rings (SSSR count). The van der Waals surface area contributed by atoms with Gasteiger partial charge in [-0.25, -0.2) is 4.98 Å². The monoisotopic (exact) mass is 576 g/mol. The molecule has 0 unspecified atom stereocenters. The summed E-state index contributed by atoms with van der Waals surface area (Å²) in [4.78, 5) is 32.0. The Bertz CT molecular complexity index is 1730. The van der Waals surface area contributed by atoms with Crippen molar-refractivity contribution < 1.29 is 14.3 Å². The van der Waals surface area contributed by atoms with Crippen LogP contribution in [0.15, 0.2) is 48.5 Å². The van der Waals surface area contributed by atoms with Crippen LogP contribution in [0.1, 0.15) is 74.0 Å². The first-order valence-corrected chi connectivity index (χ1v) is 14.7. The molecular weight excluding hydrogens is 536 g/mol. The van der Waals surface area contributed by atoms with Crippen molar-refractivity contribution in [1.82, 2.24) is 14.5 Å². The molecule has 0 saturated carbocycles. The van der Waals surface area contributed by atoms with Crippen LogP contribution in [0.3, 0.4) is 0 Å². The van der Waals surface area contributed by atoms with E-state index in [0.29, 0.717) is 23.2 Å². The van der Waals surface area contributed by atoms with Crippen molar-refractivity contribution in [2.24, 2.45) is 7.05 Å². The quantitative estimate of drug-likeness (QED) is 0.180. The third-order valence-electron chi connectivity index (χ3n) is 8.65. The highest BCUT2D eigenvalue weighted by molar-refractivity contribution is 6.03. The second-order valence-electron chi connectivity index (χ2n) is 11.6. The molecule has 0 bridgehead atoms. The molecule has 222 valence electrons. The topological polar surface area (TPSA) is 76.5 Å². The number of methoxy groups -OCH3 is 1. The lowest BCUT2D eigenvalue weighted by atomic mass is 9.92. The number of carbonyl (C=O) groups is 2. The first-order valence-electron chi connectivity index (χ1n) is 14.7. The van der Waals surface area contributed by atoms with Gasteiger partial charge in [0.15, 0.2) is 12.1 Å². The maximum atomic E-state index is 13.5. The van der Waals surface area contributed by atoms with Gasteiger partial charge in [0, 0.05) is 44.0 Å². The van der Waals surface area contributed by atoms with E-state index in [1.807, 2.05) is 49.7 Å². The van der Waals surface area contributed by atoms with E-state index < -0.39 is 0 Å². The molecule has 7 nitrogen and oxygen atoms in total. The molecule has 1 amide bonds. The third-order valence-corrected chi connectivity index (χ3v) is 8.65. The maximum Gasteiger partial charge on any atom is 0.291 e. The van der Waals surface area contributed by atoms with Crippen LogP contribution in [0.2, 0.25) is 0 Å². The minimum atomic E-state index is -0.201. The van der Waals surface area contributed by atoms with E-state index in [0.717, 1.165) is 81.8 Å². The largest absolute Gasteiger partial charge is 0.496 e. The molecule has 1 aliphatic heterocycles. The van der Waals surface area contributed by atoms with Crippen LogP contribution in [0.4, 0.5) is 5.69 Å². The Hall–Kier alpha value is -4.49. The zero-order valence-electron chi connectivity index (χ0n) is 26.1. The summed E-state index contributed by atoms with van der Waals surface area (Å²) in [5.41, 5.74) is 10.8. The number of fused-ring (bicyclic) bond motifs is 1. The van der Waals surface area contributed by atoms with Crippen molar-refractivity contribution in [3.63, 3.8) is 0 Å². The Labute approximate surface area is 254 Å². The van der Waals surface area contributed by atoms with E-state index in [9.17, 15) is 9.59 Å². The minimum absolute atomic E-state index is 0.201. The first kappa shape index (κ1) is 30.0. The van der Waals surface area contributed by atoms with Crippen molar-refractivity contribution >= 4 is 30.0 Å². The number of nitrogens with zero attached hydrogens (tertiary/aromatic N) is 3. The Morgan fingerprint density at radius 3 is 2.37 bits per heavy atom. The molecule has 1 aliphatic rings. The molecule has 43 heavy (non-hydrogen) atoms. The van der Waals surface area contributed by atoms with Gasteiger partial charge in [-0.1, -0.05) is 42.5 Å². The number of aryl methyl sites for hydroxylation is 1. The maximum absolute atomic E-state index is 13.5. The summed E-state index contributed by atoms with van der Waals surface area (Å²) in [5, 5.41) is 3.14. The summed E-state index contributed by atoms with van der Waals surface area (Å²) in [5.74, 6) is 0.799. The van der Waals surface area contributed by atoms with Gasteiger partial charge in [-0.05, 0) is 91.8 Å². The molecule has 1 N–H and O–H groups in total. The van der Waals surface area contributed by atoms with Crippen molar-refractivity contribution in [3.05, 3.63) is 99.1 Å². The summed E-state index contributed by atoms with van der Waals surface area (Å²) in [6, 6.07) is 16.4. The van der Waals surface area contributed by atoms with E-state index in [4.69, 9.17) is 9.72 Å². The zero-order chi connectivity index (χ0) is 30.8. The van der Waals surface area contributed by atoms with Crippen LogP contribution < -0.4 is 10.1 Å². The smallest absolute Gasteiger partial charge is 0.291 e. The fourth-order valence-corrected chi connectivity index (χ4v) is 5.91. The van der Waals surface area contributed by atoms with Gasteiger partial charge in [0.1, 0.15) is 5.75 Å². The molecule has 0 fully saturated rings. The van der Waals surface area contributed by atoms with Crippen LogP contribution in [-0.2, 0) is 20.0 Å². The normalized spacial score (nSPS) is 13.4. The number of ether oxygens (including phenoxy) is 1. The van der Waals surface area contributed by atoms with Gasteiger partial charge >= 0.3 is 0 Å². The Kier molecular flexibility index (Phi) is 8.64. The highest BCUT2D eigenvalue weighted by Gasteiger charge is 2.26. The molecule has 0 aliphatic carbocycles. The molecule has 3 aromatic carbocycles. The van der Waals surface area contributed by atoms with Gasteiger partial charge in [0.05, 0.1) is 18.4 Å². The highest BCUT2D eigenvalue weighted by atomic mass is 16.5. The van der Waals surface area contributed by atoms with Gasteiger partial charge in [0.2, 0.25) is 0 Å². The third kappa shape index (κ3) is 5.90. The number of carbonyl (C=O) groups excluding carboxylic acids is 2. The number of anilines is 1. The van der Waals surface area contributed by atoms with E-state index >= 15 is 0 Å². The van der Waals surface area contributed by atoms with Crippen molar-refractivity contribution in [3.8, 4) is 16.9 Å². The number of aldehydes is 1. The second kappa shape index (κ2) is 12.4. The Morgan fingerprint density at radius 2 is 1.67 bits per heavy atom. The van der Waals surface area contributed by atoms with Crippen LogP contribution in [0.25, 0.3) is 23.3 Å². The lowest BCUT2D eigenvalue weighted by molar-refractivity contribution is 0.101. The molecule has 1 aromatic heterocycles. The van der Waals surface area contributed by atoms with Gasteiger partial charge in [-0.3, -0.25) is 14.5 Å². The van der Waals surface area contributed by atoms with Gasteiger partial charge < -0.3 is 14.6 Å². The summed E-state index contributed by atoms with van der Waals surface area (Å²) in [6.07, 6.45) is 5.84. The number of nitrogens with one attached hydrogen (secondary N) is 1.